The summed E-state index contributed by atoms with van der Waals surface area (Å²) < 4.78 is 7.21. The fourth-order valence-corrected chi connectivity index (χ4v) is 2.61. The summed E-state index contributed by atoms with van der Waals surface area (Å²) in [5.41, 5.74) is 0.668. The molecular formula is C15H21N5O2S. The van der Waals surface area contributed by atoms with Crippen LogP contribution >= 0.6 is 11.8 Å². The second-order valence-corrected chi connectivity index (χ2v) is 6.25. The lowest BCUT2D eigenvalue weighted by molar-refractivity contribution is -0.113. The van der Waals surface area contributed by atoms with E-state index >= 15 is 0 Å². The van der Waals surface area contributed by atoms with Crippen LogP contribution in [-0.2, 0) is 11.3 Å². The van der Waals surface area contributed by atoms with Crippen LogP contribution in [-0.4, -0.2) is 38.5 Å². The van der Waals surface area contributed by atoms with Crippen molar-refractivity contribution in [1.29, 1.82) is 0 Å². The lowest BCUT2D eigenvalue weighted by Gasteiger charge is -2.11. The zero-order valence-electron chi connectivity index (χ0n) is 13.5. The van der Waals surface area contributed by atoms with Gasteiger partial charge < -0.3 is 10.1 Å². The van der Waals surface area contributed by atoms with Crippen molar-refractivity contribution in [2.24, 2.45) is 5.92 Å². The zero-order valence-corrected chi connectivity index (χ0v) is 14.3. The third-order valence-corrected chi connectivity index (χ3v) is 3.79. The van der Waals surface area contributed by atoms with E-state index in [2.05, 4.69) is 34.7 Å². The van der Waals surface area contributed by atoms with Gasteiger partial charge in [-0.05, 0) is 35.4 Å². The van der Waals surface area contributed by atoms with Crippen LogP contribution in [0.2, 0.25) is 0 Å². The van der Waals surface area contributed by atoms with Crippen LogP contribution < -0.4 is 10.1 Å². The van der Waals surface area contributed by atoms with Crippen molar-refractivity contribution >= 4 is 23.4 Å². The molecule has 0 atom stereocenters. The maximum Gasteiger partial charge on any atom is 0.234 e. The predicted molar refractivity (Wildman–Crippen MR) is 89.6 cm³/mol. The average molecular weight is 335 g/mol. The number of hydrogen-bond acceptors (Lipinski definition) is 6. The van der Waals surface area contributed by atoms with E-state index < -0.39 is 0 Å². The molecule has 0 fully saturated rings. The molecule has 1 aromatic carbocycles. The number of anilines is 1. The molecule has 23 heavy (non-hydrogen) atoms. The standard InChI is InChI=1S/C15H21N5O2S/c1-4-22-13-8-6-5-7-12(13)16-14(21)10-23-15-17-18-19-20(15)9-11(2)3/h5-8,11H,4,9-10H2,1-3H3,(H,16,21). The van der Waals surface area contributed by atoms with Crippen molar-refractivity contribution in [3.8, 4) is 5.75 Å². The maximum absolute atomic E-state index is 12.1. The lowest BCUT2D eigenvalue weighted by Crippen LogP contribution is -2.16. The molecule has 2 rings (SSSR count). The molecule has 2 aromatic rings. The fraction of sp³-hybridized carbons (Fsp3) is 0.467. The highest BCUT2D eigenvalue weighted by molar-refractivity contribution is 7.99. The first-order chi connectivity index (χ1) is 11.1. The molecule has 7 nitrogen and oxygen atoms in total. The van der Waals surface area contributed by atoms with Gasteiger partial charge in [-0.3, -0.25) is 4.79 Å². The van der Waals surface area contributed by atoms with E-state index in [9.17, 15) is 4.79 Å². The zero-order chi connectivity index (χ0) is 16.7. The third-order valence-electron chi connectivity index (χ3n) is 2.83. The summed E-state index contributed by atoms with van der Waals surface area (Å²) in [4.78, 5) is 12.1. The third kappa shape index (κ3) is 5.24. The number of nitrogens with zero attached hydrogens (tertiary/aromatic N) is 4. The Bertz CT molecular complexity index is 644. The van der Waals surface area contributed by atoms with Crippen LogP contribution in [0.25, 0.3) is 0 Å². The van der Waals surface area contributed by atoms with E-state index in [-0.39, 0.29) is 11.7 Å². The number of tetrazole rings is 1. The van der Waals surface area contributed by atoms with E-state index in [4.69, 9.17) is 4.74 Å². The Hall–Kier alpha value is -2.09. The molecule has 0 aliphatic rings. The van der Waals surface area contributed by atoms with E-state index in [0.717, 1.165) is 6.54 Å². The highest BCUT2D eigenvalue weighted by atomic mass is 32.2. The number of amides is 1. The Kier molecular flexibility index (Phi) is 6.40. The number of para-hydroxylation sites is 2. The van der Waals surface area contributed by atoms with Gasteiger partial charge in [0.05, 0.1) is 18.0 Å². The second-order valence-electron chi connectivity index (χ2n) is 5.30. The van der Waals surface area contributed by atoms with Crippen molar-refractivity contribution in [3.63, 3.8) is 0 Å². The first-order valence-electron chi connectivity index (χ1n) is 7.50. The number of thioether (sulfide) groups is 1. The predicted octanol–water partition coefficient (Wildman–Crippen LogP) is 2.46. The molecule has 0 unspecified atom stereocenters. The van der Waals surface area contributed by atoms with E-state index in [1.165, 1.54) is 11.8 Å². The maximum atomic E-state index is 12.1. The van der Waals surface area contributed by atoms with Gasteiger partial charge in [0.15, 0.2) is 0 Å². The molecule has 0 radical (unpaired) electrons. The van der Waals surface area contributed by atoms with Crippen molar-refractivity contribution in [3.05, 3.63) is 24.3 Å². The normalized spacial score (nSPS) is 10.8. The molecule has 0 spiro atoms. The first-order valence-corrected chi connectivity index (χ1v) is 8.49. The Morgan fingerprint density at radius 1 is 1.39 bits per heavy atom. The summed E-state index contributed by atoms with van der Waals surface area (Å²) in [7, 11) is 0. The summed E-state index contributed by atoms with van der Waals surface area (Å²) in [5.74, 6) is 1.21. The van der Waals surface area contributed by atoms with Crippen molar-refractivity contribution < 1.29 is 9.53 Å². The van der Waals surface area contributed by atoms with Crippen molar-refractivity contribution in [1.82, 2.24) is 20.2 Å². The Morgan fingerprint density at radius 2 is 2.17 bits per heavy atom. The molecule has 0 saturated heterocycles. The minimum Gasteiger partial charge on any atom is -0.492 e. The lowest BCUT2D eigenvalue weighted by atomic mass is 10.2. The minimum absolute atomic E-state index is 0.124. The number of nitrogens with one attached hydrogen (secondary N) is 1. The fourth-order valence-electron chi connectivity index (χ4n) is 1.93. The number of ether oxygens (including phenoxy) is 1. The van der Waals surface area contributed by atoms with Gasteiger partial charge in [0.25, 0.3) is 0 Å². The van der Waals surface area contributed by atoms with Gasteiger partial charge in [0.2, 0.25) is 11.1 Å². The van der Waals surface area contributed by atoms with Gasteiger partial charge in [-0.1, -0.05) is 37.7 Å². The van der Waals surface area contributed by atoms with E-state index in [0.29, 0.717) is 29.1 Å². The van der Waals surface area contributed by atoms with E-state index in [1.54, 1.807) is 4.68 Å². The summed E-state index contributed by atoms with van der Waals surface area (Å²) in [6.45, 7) is 7.36. The van der Waals surface area contributed by atoms with E-state index in [1.807, 2.05) is 31.2 Å². The SMILES string of the molecule is CCOc1ccccc1NC(=O)CSc1nnnn1CC(C)C. The molecule has 0 saturated carbocycles. The molecule has 0 bridgehead atoms. The molecule has 1 heterocycles. The topological polar surface area (TPSA) is 81.9 Å². The molecule has 1 amide bonds. The molecule has 124 valence electrons. The van der Waals surface area contributed by atoms with Crippen molar-refractivity contribution in [2.75, 3.05) is 17.7 Å². The highest BCUT2D eigenvalue weighted by Gasteiger charge is 2.12. The molecule has 0 aliphatic heterocycles. The van der Waals surface area contributed by atoms with Gasteiger partial charge >= 0.3 is 0 Å². The van der Waals surface area contributed by atoms with Crippen LogP contribution in [0.5, 0.6) is 5.75 Å². The molecular weight excluding hydrogens is 314 g/mol. The Balaban J connectivity index is 1.92. The number of aromatic nitrogens is 4. The number of carbonyl (C=O) groups is 1. The van der Waals surface area contributed by atoms with Crippen LogP contribution in [0.3, 0.4) is 0 Å². The summed E-state index contributed by atoms with van der Waals surface area (Å²) >= 11 is 1.32. The van der Waals surface area contributed by atoms with Gasteiger partial charge in [0.1, 0.15) is 5.75 Å². The number of carbonyl (C=O) groups excluding carboxylic acids is 1. The monoisotopic (exact) mass is 335 g/mol. The quantitative estimate of drug-likeness (QED) is 0.746. The largest absolute Gasteiger partial charge is 0.492 e. The Labute approximate surface area is 139 Å². The van der Waals surface area contributed by atoms with Gasteiger partial charge in [-0.15, -0.1) is 5.10 Å². The van der Waals surface area contributed by atoms with Crippen LogP contribution in [0.4, 0.5) is 5.69 Å². The molecule has 1 aromatic heterocycles. The minimum atomic E-state index is -0.124. The van der Waals surface area contributed by atoms with Gasteiger partial charge in [-0.25, -0.2) is 4.68 Å². The van der Waals surface area contributed by atoms with Crippen molar-refractivity contribution in [2.45, 2.75) is 32.5 Å². The molecule has 0 aliphatic carbocycles. The molecule has 8 heteroatoms. The summed E-state index contributed by atoms with van der Waals surface area (Å²) in [6.07, 6.45) is 0. The Morgan fingerprint density at radius 3 is 2.91 bits per heavy atom. The number of hydrogen-bond donors (Lipinski definition) is 1. The highest BCUT2D eigenvalue weighted by Crippen LogP contribution is 2.24. The summed E-state index contributed by atoms with van der Waals surface area (Å²) in [6, 6.07) is 7.37. The number of benzene rings is 1. The second kappa shape index (κ2) is 8.52. The van der Waals surface area contributed by atoms with Gasteiger partial charge in [0, 0.05) is 6.54 Å². The van der Waals surface area contributed by atoms with Crippen LogP contribution in [0.1, 0.15) is 20.8 Å². The summed E-state index contributed by atoms with van der Waals surface area (Å²) in [5, 5.41) is 15.1. The average Bonchev–Trinajstić information content (AvgIpc) is 2.94. The van der Waals surface area contributed by atoms with Gasteiger partial charge in [-0.2, -0.15) is 0 Å². The first kappa shape index (κ1) is 17.3. The number of rotatable bonds is 8. The van der Waals surface area contributed by atoms with Crippen LogP contribution in [0, 0.1) is 5.92 Å². The molecule has 1 N–H and O–H groups in total. The smallest absolute Gasteiger partial charge is 0.234 e. The van der Waals surface area contributed by atoms with Crippen LogP contribution in [0.15, 0.2) is 29.4 Å².